The molecule has 24 heavy (non-hydrogen) atoms. The maximum absolute atomic E-state index is 6.07. The van der Waals surface area contributed by atoms with Gasteiger partial charge in [0, 0.05) is 28.2 Å². The van der Waals surface area contributed by atoms with E-state index in [0.29, 0.717) is 11.0 Å². The summed E-state index contributed by atoms with van der Waals surface area (Å²) in [5.41, 5.74) is 5.07. The van der Waals surface area contributed by atoms with E-state index in [9.17, 15) is 0 Å². The zero-order chi connectivity index (χ0) is 17.1. The van der Waals surface area contributed by atoms with E-state index >= 15 is 0 Å². The second kappa shape index (κ2) is 6.89. The predicted octanol–water partition coefficient (Wildman–Crippen LogP) is 5.54. The number of hydrogen-bond donors (Lipinski definition) is 2. The van der Waals surface area contributed by atoms with Crippen molar-refractivity contribution in [2.45, 2.75) is 20.8 Å². The lowest BCUT2D eigenvalue weighted by atomic mass is 10.2. The third-order valence-corrected chi connectivity index (χ3v) is 3.86. The summed E-state index contributed by atoms with van der Waals surface area (Å²) in [6, 6.07) is 15.8. The van der Waals surface area contributed by atoms with Gasteiger partial charge in [0.15, 0.2) is 0 Å². The van der Waals surface area contributed by atoms with Crippen molar-refractivity contribution in [1.29, 1.82) is 0 Å². The van der Waals surface area contributed by atoms with Crippen LogP contribution in [-0.2, 0) is 0 Å². The maximum Gasteiger partial charge on any atom is 0.229 e. The van der Waals surface area contributed by atoms with Gasteiger partial charge in [0.2, 0.25) is 5.95 Å². The molecule has 3 aromatic rings. The molecule has 0 saturated carbocycles. The van der Waals surface area contributed by atoms with Gasteiger partial charge in [0.05, 0.1) is 0 Å². The smallest absolute Gasteiger partial charge is 0.229 e. The molecule has 2 N–H and O–H groups in total. The quantitative estimate of drug-likeness (QED) is 0.655. The fraction of sp³-hybridized carbons (Fsp3) is 0.158. The number of benzene rings is 2. The van der Waals surface area contributed by atoms with Crippen molar-refractivity contribution in [1.82, 2.24) is 9.97 Å². The monoisotopic (exact) mass is 338 g/mol. The van der Waals surface area contributed by atoms with Crippen LogP contribution in [0.3, 0.4) is 0 Å². The Morgan fingerprint density at radius 3 is 2.33 bits per heavy atom. The van der Waals surface area contributed by atoms with Gasteiger partial charge in [-0.25, -0.2) is 4.98 Å². The summed E-state index contributed by atoms with van der Waals surface area (Å²) in [7, 11) is 0. The summed E-state index contributed by atoms with van der Waals surface area (Å²) in [6.45, 7) is 6.02. The molecule has 0 amide bonds. The first kappa shape index (κ1) is 16.3. The molecular weight excluding hydrogens is 320 g/mol. The minimum absolute atomic E-state index is 0.537. The van der Waals surface area contributed by atoms with Crippen molar-refractivity contribution in [2.75, 3.05) is 10.6 Å². The number of nitrogens with one attached hydrogen (secondary N) is 2. The van der Waals surface area contributed by atoms with E-state index in [0.717, 1.165) is 28.5 Å². The highest BCUT2D eigenvalue weighted by Crippen LogP contribution is 2.24. The Bertz CT molecular complexity index is 860. The van der Waals surface area contributed by atoms with Crippen LogP contribution < -0.4 is 10.6 Å². The molecule has 4 nitrogen and oxygen atoms in total. The van der Waals surface area contributed by atoms with Gasteiger partial charge in [-0.3, -0.25) is 0 Å². The second-order valence-electron chi connectivity index (χ2n) is 5.79. The Morgan fingerprint density at radius 1 is 0.833 bits per heavy atom. The molecule has 0 aliphatic carbocycles. The van der Waals surface area contributed by atoms with Crippen molar-refractivity contribution in [3.05, 3.63) is 70.4 Å². The Kier molecular flexibility index (Phi) is 4.67. The van der Waals surface area contributed by atoms with Crippen molar-refractivity contribution in [3.63, 3.8) is 0 Å². The van der Waals surface area contributed by atoms with E-state index in [2.05, 4.69) is 39.7 Å². The van der Waals surface area contributed by atoms with E-state index < -0.39 is 0 Å². The van der Waals surface area contributed by atoms with Gasteiger partial charge in [-0.15, -0.1) is 0 Å². The van der Waals surface area contributed by atoms with Crippen LogP contribution in [0.15, 0.2) is 48.5 Å². The van der Waals surface area contributed by atoms with Gasteiger partial charge >= 0.3 is 0 Å². The fourth-order valence-electron chi connectivity index (χ4n) is 2.32. The maximum atomic E-state index is 6.07. The molecule has 3 rings (SSSR count). The van der Waals surface area contributed by atoms with Crippen LogP contribution in [0.1, 0.15) is 16.8 Å². The Hall–Kier alpha value is -2.59. The summed E-state index contributed by atoms with van der Waals surface area (Å²) < 4.78 is 0. The first-order valence-corrected chi connectivity index (χ1v) is 8.10. The van der Waals surface area contributed by atoms with Gasteiger partial charge in [-0.1, -0.05) is 35.4 Å². The highest BCUT2D eigenvalue weighted by molar-refractivity contribution is 6.30. The lowest BCUT2D eigenvalue weighted by molar-refractivity contribution is 1.10. The van der Waals surface area contributed by atoms with Crippen LogP contribution >= 0.6 is 11.6 Å². The zero-order valence-electron chi connectivity index (χ0n) is 13.9. The lowest BCUT2D eigenvalue weighted by Gasteiger charge is -2.12. The van der Waals surface area contributed by atoms with Crippen LogP contribution in [-0.4, -0.2) is 9.97 Å². The molecule has 0 saturated heterocycles. The SMILES string of the molecule is Cc1ccc(Nc2cc(C)nc(Nc3cc(Cl)ccc3C)n2)cc1. The van der Waals surface area contributed by atoms with E-state index in [-0.39, 0.29) is 0 Å². The minimum atomic E-state index is 0.537. The third-order valence-electron chi connectivity index (χ3n) is 3.62. The average Bonchev–Trinajstić information content (AvgIpc) is 2.53. The van der Waals surface area contributed by atoms with Gasteiger partial charge < -0.3 is 10.6 Å². The number of aryl methyl sites for hydroxylation is 3. The molecule has 2 aromatic carbocycles. The molecule has 0 fully saturated rings. The molecule has 0 aliphatic rings. The molecule has 0 atom stereocenters. The zero-order valence-corrected chi connectivity index (χ0v) is 14.6. The normalized spacial score (nSPS) is 10.5. The first-order valence-electron chi connectivity index (χ1n) is 7.72. The van der Waals surface area contributed by atoms with E-state index in [4.69, 9.17) is 11.6 Å². The number of hydrogen-bond acceptors (Lipinski definition) is 4. The number of halogens is 1. The van der Waals surface area contributed by atoms with E-state index in [1.807, 2.05) is 50.2 Å². The van der Waals surface area contributed by atoms with Crippen LogP contribution in [0.5, 0.6) is 0 Å². The molecule has 0 spiro atoms. The van der Waals surface area contributed by atoms with Crippen LogP contribution in [0.4, 0.5) is 23.1 Å². The molecule has 122 valence electrons. The molecule has 0 radical (unpaired) electrons. The molecule has 5 heteroatoms. The second-order valence-corrected chi connectivity index (χ2v) is 6.23. The molecule has 1 aromatic heterocycles. The van der Waals surface area contributed by atoms with Crippen LogP contribution in [0, 0.1) is 20.8 Å². The van der Waals surface area contributed by atoms with Gasteiger partial charge in [0.25, 0.3) is 0 Å². The van der Waals surface area contributed by atoms with Gasteiger partial charge in [0.1, 0.15) is 5.82 Å². The molecule has 0 unspecified atom stereocenters. The van der Waals surface area contributed by atoms with E-state index in [1.165, 1.54) is 5.56 Å². The highest BCUT2D eigenvalue weighted by Gasteiger charge is 2.06. The Morgan fingerprint density at radius 2 is 1.58 bits per heavy atom. The van der Waals surface area contributed by atoms with Crippen molar-refractivity contribution in [3.8, 4) is 0 Å². The highest BCUT2D eigenvalue weighted by atomic mass is 35.5. The molecule has 0 aliphatic heterocycles. The van der Waals surface area contributed by atoms with Crippen LogP contribution in [0.25, 0.3) is 0 Å². The number of aromatic nitrogens is 2. The largest absolute Gasteiger partial charge is 0.340 e. The lowest BCUT2D eigenvalue weighted by Crippen LogP contribution is -2.03. The topological polar surface area (TPSA) is 49.8 Å². The first-order chi connectivity index (χ1) is 11.5. The van der Waals surface area contributed by atoms with Crippen molar-refractivity contribution >= 4 is 34.7 Å². The van der Waals surface area contributed by atoms with Gasteiger partial charge in [-0.05, 0) is 50.6 Å². The Labute approximate surface area is 146 Å². The number of anilines is 4. The van der Waals surface area contributed by atoms with Gasteiger partial charge in [-0.2, -0.15) is 4.98 Å². The fourth-order valence-corrected chi connectivity index (χ4v) is 2.49. The minimum Gasteiger partial charge on any atom is -0.340 e. The Balaban J connectivity index is 1.85. The average molecular weight is 339 g/mol. The number of rotatable bonds is 4. The van der Waals surface area contributed by atoms with E-state index in [1.54, 1.807) is 0 Å². The summed E-state index contributed by atoms with van der Waals surface area (Å²) in [5, 5.41) is 7.22. The summed E-state index contributed by atoms with van der Waals surface area (Å²) in [5.74, 6) is 1.28. The summed E-state index contributed by atoms with van der Waals surface area (Å²) >= 11 is 6.07. The molecular formula is C19H19ClN4. The van der Waals surface area contributed by atoms with Crippen LogP contribution in [0.2, 0.25) is 5.02 Å². The summed E-state index contributed by atoms with van der Waals surface area (Å²) in [4.78, 5) is 8.99. The molecule has 0 bridgehead atoms. The molecule has 1 heterocycles. The summed E-state index contributed by atoms with van der Waals surface area (Å²) in [6.07, 6.45) is 0. The van der Waals surface area contributed by atoms with Crippen molar-refractivity contribution < 1.29 is 0 Å². The number of nitrogens with zero attached hydrogens (tertiary/aromatic N) is 2. The van der Waals surface area contributed by atoms with Crippen molar-refractivity contribution in [2.24, 2.45) is 0 Å². The standard InChI is InChI=1S/C19H19ClN4/c1-12-4-8-16(9-5-12)22-18-10-14(3)21-19(24-18)23-17-11-15(20)7-6-13(17)2/h4-11H,1-3H3,(H2,21,22,23,24). The third kappa shape index (κ3) is 4.03. The predicted molar refractivity (Wildman–Crippen MR) is 101 cm³/mol.